The smallest absolute Gasteiger partial charge is 0.316 e. The third-order valence-electron chi connectivity index (χ3n) is 6.00. The molecule has 0 heterocycles. The molecule has 7 nitrogen and oxygen atoms in total. The molecular weight excluding hydrogens is 508 g/mol. The van der Waals surface area contributed by atoms with Crippen molar-refractivity contribution in [1.29, 1.82) is 0 Å². The van der Waals surface area contributed by atoms with Gasteiger partial charge in [0.1, 0.15) is 17.2 Å². The van der Waals surface area contributed by atoms with Crippen LogP contribution in [0.2, 0.25) is 0 Å². The Kier molecular flexibility index (Phi) is 10.7. The highest BCUT2D eigenvalue weighted by atomic mass is 16.5. The topological polar surface area (TPSA) is 88.1 Å². The van der Waals surface area contributed by atoms with Crippen molar-refractivity contribution in [2.45, 2.75) is 88.2 Å². The van der Waals surface area contributed by atoms with Crippen LogP contribution in [0.15, 0.2) is 36.1 Å². The van der Waals surface area contributed by atoms with E-state index in [1.54, 1.807) is 71.9 Å². The first-order chi connectivity index (χ1) is 18.5. The van der Waals surface area contributed by atoms with Gasteiger partial charge in [0.05, 0.1) is 29.6 Å². The van der Waals surface area contributed by atoms with Gasteiger partial charge in [-0.25, -0.2) is 0 Å². The first-order valence-corrected chi connectivity index (χ1v) is 13.7. The van der Waals surface area contributed by atoms with Gasteiger partial charge in [0.2, 0.25) is 5.78 Å². The molecule has 0 saturated carbocycles. The molecule has 0 radical (unpaired) electrons. The molecule has 0 aromatic heterocycles. The quantitative estimate of drug-likeness (QED) is 0.0999. The van der Waals surface area contributed by atoms with Crippen LogP contribution in [-0.2, 0) is 27.2 Å². The number of benzene rings is 2. The van der Waals surface area contributed by atoms with Gasteiger partial charge in [0, 0.05) is 5.56 Å². The van der Waals surface area contributed by atoms with E-state index in [9.17, 15) is 14.4 Å². The minimum atomic E-state index is -0.743. The molecule has 2 rings (SSSR count). The van der Waals surface area contributed by atoms with Gasteiger partial charge < -0.3 is 18.9 Å². The average molecular weight is 553 g/mol. The molecule has 0 aliphatic carbocycles. The number of hydrogen-bond donors (Lipinski definition) is 0. The first-order valence-electron chi connectivity index (χ1n) is 13.7. The summed E-state index contributed by atoms with van der Waals surface area (Å²) in [5.74, 6) is 0.104. The molecule has 0 spiro atoms. The largest absolute Gasteiger partial charge is 0.493 e. The van der Waals surface area contributed by atoms with E-state index in [-0.39, 0.29) is 23.6 Å². The average Bonchev–Trinajstić information content (AvgIpc) is 2.87. The van der Waals surface area contributed by atoms with Crippen molar-refractivity contribution in [3.05, 3.63) is 58.3 Å². The molecule has 0 saturated heterocycles. The highest BCUT2D eigenvalue weighted by Gasteiger charge is 2.29. The summed E-state index contributed by atoms with van der Waals surface area (Å²) in [5, 5.41) is 0. The van der Waals surface area contributed by atoms with E-state index in [0.29, 0.717) is 41.2 Å². The van der Waals surface area contributed by atoms with Crippen molar-refractivity contribution in [2.75, 3.05) is 7.11 Å². The number of hydrogen-bond acceptors (Lipinski definition) is 7. The Labute approximate surface area is 238 Å². The number of ether oxygens (including phenoxy) is 4. The van der Waals surface area contributed by atoms with Crippen LogP contribution in [0.3, 0.4) is 0 Å². The fraction of sp³-hybridized carbons (Fsp3) is 0.485. The number of methoxy groups -OCH3 is 1. The highest BCUT2D eigenvalue weighted by molar-refractivity contribution is 6.10. The molecule has 40 heavy (non-hydrogen) atoms. The highest BCUT2D eigenvalue weighted by Crippen LogP contribution is 2.40. The maximum Gasteiger partial charge on any atom is 0.316 e. The standard InChI is InChI=1S/C33H44O7/c1-12-21-18-22(13-2)29(40-31(36)33(8,9)10)25(28(21)38-20(3)4)19-26(37-11)27(34)23-14-16-24(17-15-23)39-30(35)32(5,6)7/h14-20H,12-13H2,1-11H3. The number of allylic oxidation sites excluding steroid dienone is 1. The number of rotatable bonds is 10. The summed E-state index contributed by atoms with van der Waals surface area (Å²) in [6.07, 6.45) is 2.69. The molecule has 0 bridgehead atoms. The zero-order valence-electron chi connectivity index (χ0n) is 25.8. The molecular formula is C33H44O7. The molecule has 0 atom stereocenters. The molecule has 2 aromatic carbocycles. The lowest BCUT2D eigenvalue weighted by atomic mass is 9.95. The predicted molar refractivity (Wildman–Crippen MR) is 157 cm³/mol. The van der Waals surface area contributed by atoms with E-state index in [4.69, 9.17) is 18.9 Å². The summed E-state index contributed by atoms with van der Waals surface area (Å²) < 4.78 is 23.2. The van der Waals surface area contributed by atoms with Crippen molar-refractivity contribution in [2.24, 2.45) is 10.8 Å². The Hall–Kier alpha value is -3.61. The Morgan fingerprint density at radius 1 is 0.800 bits per heavy atom. The molecule has 218 valence electrons. The summed E-state index contributed by atoms with van der Waals surface area (Å²) in [7, 11) is 1.41. The third kappa shape index (κ3) is 8.20. The van der Waals surface area contributed by atoms with Gasteiger partial charge in [-0.1, -0.05) is 13.8 Å². The summed E-state index contributed by atoms with van der Waals surface area (Å²) in [4.78, 5) is 38.8. The number of carbonyl (C=O) groups is 3. The molecule has 7 heteroatoms. The second kappa shape index (κ2) is 13.2. The maximum absolute atomic E-state index is 13.6. The molecule has 0 unspecified atom stereocenters. The third-order valence-corrected chi connectivity index (χ3v) is 6.00. The van der Waals surface area contributed by atoms with Crippen LogP contribution in [0.4, 0.5) is 0 Å². The Bertz CT molecular complexity index is 1250. The van der Waals surface area contributed by atoms with Crippen LogP contribution < -0.4 is 14.2 Å². The lowest BCUT2D eigenvalue weighted by Crippen LogP contribution is -2.26. The molecule has 2 aromatic rings. The second-order valence-electron chi connectivity index (χ2n) is 12.0. The van der Waals surface area contributed by atoms with Crippen LogP contribution in [0.25, 0.3) is 6.08 Å². The minimum absolute atomic E-state index is 0.0383. The molecule has 0 amide bonds. The first kappa shape index (κ1) is 32.6. The summed E-state index contributed by atoms with van der Waals surface area (Å²) in [6, 6.07) is 8.28. The van der Waals surface area contributed by atoms with Crippen molar-refractivity contribution in [3.63, 3.8) is 0 Å². The van der Waals surface area contributed by atoms with Gasteiger partial charge in [-0.15, -0.1) is 0 Å². The lowest BCUT2D eigenvalue weighted by molar-refractivity contribution is -0.143. The maximum atomic E-state index is 13.6. The monoisotopic (exact) mass is 552 g/mol. The van der Waals surface area contributed by atoms with E-state index in [1.807, 2.05) is 33.8 Å². The SMILES string of the molecule is CCc1cc(CC)c(OC(C)C)c(C=C(OC)C(=O)c2ccc(OC(=O)C(C)(C)C)cc2)c1OC(=O)C(C)(C)C. The van der Waals surface area contributed by atoms with E-state index in [2.05, 4.69) is 0 Å². The van der Waals surface area contributed by atoms with E-state index < -0.39 is 16.8 Å². The number of aryl methyl sites for hydroxylation is 2. The van der Waals surface area contributed by atoms with Gasteiger partial charge in [0.25, 0.3) is 0 Å². The zero-order chi connectivity index (χ0) is 30.4. The van der Waals surface area contributed by atoms with E-state index in [1.165, 1.54) is 7.11 Å². The zero-order valence-corrected chi connectivity index (χ0v) is 25.8. The predicted octanol–water partition coefficient (Wildman–Crippen LogP) is 7.37. The molecule has 0 N–H and O–H groups in total. The van der Waals surface area contributed by atoms with Crippen molar-refractivity contribution >= 4 is 23.8 Å². The summed E-state index contributed by atoms with van der Waals surface area (Å²) in [5.41, 5.74) is 1.17. The second-order valence-corrected chi connectivity index (χ2v) is 12.0. The molecule has 0 aliphatic heterocycles. The normalized spacial score (nSPS) is 12.2. The van der Waals surface area contributed by atoms with Crippen LogP contribution in [-0.4, -0.2) is 30.9 Å². The van der Waals surface area contributed by atoms with Crippen LogP contribution in [0, 0.1) is 10.8 Å². The van der Waals surface area contributed by atoms with Crippen molar-refractivity contribution in [1.82, 2.24) is 0 Å². The van der Waals surface area contributed by atoms with Crippen molar-refractivity contribution < 1.29 is 33.3 Å². The van der Waals surface area contributed by atoms with Gasteiger partial charge in [-0.2, -0.15) is 0 Å². The molecule has 0 fully saturated rings. The van der Waals surface area contributed by atoms with Gasteiger partial charge in [0.15, 0.2) is 5.76 Å². The lowest BCUT2D eigenvalue weighted by Gasteiger charge is -2.24. The Morgan fingerprint density at radius 2 is 1.30 bits per heavy atom. The van der Waals surface area contributed by atoms with E-state index >= 15 is 0 Å². The number of ketones is 1. The Morgan fingerprint density at radius 3 is 1.75 bits per heavy atom. The fourth-order valence-electron chi connectivity index (χ4n) is 3.61. The number of Topliss-reactive ketones (excluding diaryl/α,β-unsaturated/α-hetero) is 1. The Balaban J connectivity index is 2.67. The van der Waals surface area contributed by atoms with Crippen molar-refractivity contribution in [3.8, 4) is 17.2 Å². The van der Waals surface area contributed by atoms with Crippen LogP contribution in [0.1, 0.15) is 96.3 Å². The van der Waals surface area contributed by atoms with Gasteiger partial charge >= 0.3 is 11.9 Å². The van der Waals surface area contributed by atoms with Gasteiger partial charge in [-0.3, -0.25) is 14.4 Å². The minimum Gasteiger partial charge on any atom is -0.493 e. The summed E-state index contributed by atoms with van der Waals surface area (Å²) in [6.45, 7) is 18.5. The van der Waals surface area contributed by atoms with E-state index in [0.717, 1.165) is 11.1 Å². The number of esters is 2. The van der Waals surface area contributed by atoms with Crippen LogP contribution in [0.5, 0.6) is 17.2 Å². The van der Waals surface area contributed by atoms with Gasteiger partial charge in [-0.05, 0) is 116 Å². The number of carbonyl (C=O) groups excluding carboxylic acids is 3. The van der Waals surface area contributed by atoms with Crippen LogP contribution >= 0.6 is 0 Å². The summed E-state index contributed by atoms with van der Waals surface area (Å²) >= 11 is 0. The fourth-order valence-corrected chi connectivity index (χ4v) is 3.61. The molecule has 0 aliphatic rings.